The van der Waals surface area contributed by atoms with Gasteiger partial charge in [-0.3, -0.25) is 9.59 Å². The summed E-state index contributed by atoms with van der Waals surface area (Å²) in [5.74, 6) is -1.99. The minimum atomic E-state index is -0.823. The molecule has 0 unspecified atom stereocenters. The number of benzene rings is 2. The van der Waals surface area contributed by atoms with Crippen LogP contribution < -0.4 is 15.9 Å². The number of aromatic nitrogens is 3. The van der Waals surface area contributed by atoms with Crippen molar-refractivity contribution in [3.8, 4) is 16.9 Å². The highest BCUT2D eigenvalue weighted by atomic mass is 19.1. The van der Waals surface area contributed by atoms with Gasteiger partial charge in [-0.2, -0.15) is 4.98 Å². The number of hydrogen-bond donors (Lipinski definition) is 1. The Morgan fingerprint density at radius 2 is 1.86 bits per heavy atom. The summed E-state index contributed by atoms with van der Waals surface area (Å²) in [5.41, 5.74) is 1.41. The third-order valence-electron chi connectivity index (χ3n) is 8.72. The van der Waals surface area contributed by atoms with Crippen molar-refractivity contribution in [2.45, 2.75) is 46.1 Å². The van der Waals surface area contributed by atoms with Crippen LogP contribution in [0.15, 0.2) is 59.9 Å². The van der Waals surface area contributed by atoms with Gasteiger partial charge in [0.05, 0.1) is 37.3 Å². The van der Waals surface area contributed by atoms with Crippen LogP contribution in [-0.2, 0) is 19.1 Å². The quantitative estimate of drug-likeness (QED) is 0.156. The summed E-state index contributed by atoms with van der Waals surface area (Å²) in [7, 11) is 1.55. The number of para-hydroxylation sites is 1. The summed E-state index contributed by atoms with van der Waals surface area (Å²) < 4.78 is 43.5. The lowest BCUT2D eigenvalue weighted by atomic mass is 9.98. The Hall–Kier alpha value is -5.01. The number of halogens is 2. The molecule has 264 valence electrons. The van der Waals surface area contributed by atoms with Crippen molar-refractivity contribution in [2.24, 2.45) is 0 Å². The summed E-state index contributed by atoms with van der Waals surface area (Å²) >= 11 is 0. The summed E-state index contributed by atoms with van der Waals surface area (Å²) in [6.45, 7) is 13.3. The maximum atomic E-state index is 16.2. The van der Waals surface area contributed by atoms with Gasteiger partial charge in [0, 0.05) is 44.0 Å². The second-order valence-electron chi connectivity index (χ2n) is 12.5. The van der Waals surface area contributed by atoms with E-state index in [1.54, 1.807) is 12.0 Å². The highest BCUT2D eigenvalue weighted by Crippen LogP contribution is 2.35. The monoisotopic (exact) mass is 688 g/mol. The molecule has 5 rings (SSSR count). The Kier molecular flexibility index (Phi) is 11.4. The molecular formula is C37H42F2N6O5. The molecule has 0 saturated carbocycles. The second-order valence-corrected chi connectivity index (χ2v) is 12.5. The van der Waals surface area contributed by atoms with Gasteiger partial charge in [0.15, 0.2) is 5.65 Å². The van der Waals surface area contributed by atoms with Crippen LogP contribution in [0.3, 0.4) is 0 Å². The zero-order chi connectivity index (χ0) is 36.1. The van der Waals surface area contributed by atoms with Crippen LogP contribution in [0.2, 0.25) is 0 Å². The summed E-state index contributed by atoms with van der Waals surface area (Å²) in [6.07, 6.45) is 1.31. The summed E-state index contributed by atoms with van der Waals surface area (Å²) in [5, 5.41) is 2.89. The van der Waals surface area contributed by atoms with E-state index in [-0.39, 0.29) is 70.6 Å². The average molecular weight is 689 g/mol. The predicted octanol–water partition coefficient (Wildman–Crippen LogP) is 5.37. The number of carbonyl (C=O) groups excluding carboxylic acids is 2. The van der Waals surface area contributed by atoms with E-state index >= 15 is 8.78 Å². The molecule has 2 amide bonds. The van der Waals surface area contributed by atoms with Crippen LogP contribution in [0.1, 0.15) is 44.2 Å². The standard InChI is InChI=1S/C37H42F2N6O5/c1-7-32(47)43-14-15-44(24(5)21-43)35-28-20-30(39)33(27-12-11-25(19-29(27)38)40-31(46)13-16-50-18-17-49-6)41-36(28)45(37(48)42-35)34-23(4)9-8-10-26(34)22(2)3/h7-12,19-20,22,24H,1,13-18,21H2,2-6H3,(H,40,46)/t24-/m0/s1. The van der Waals surface area contributed by atoms with Gasteiger partial charge in [-0.25, -0.2) is 23.1 Å². The smallest absolute Gasteiger partial charge is 0.355 e. The van der Waals surface area contributed by atoms with Gasteiger partial charge in [-0.15, -0.1) is 0 Å². The van der Waals surface area contributed by atoms with E-state index in [1.807, 2.05) is 50.8 Å². The van der Waals surface area contributed by atoms with Crippen LogP contribution in [0.25, 0.3) is 28.0 Å². The first kappa shape index (κ1) is 36.3. The van der Waals surface area contributed by atoms with Gasteiger partial charge in [-0.1, -0.05) is 38.6 Å². The number of aryl methyl sites for hydroxylation is 1. The minimum absolute atomic E-state index is 0.0130. The number of piperazine rings is 1. The molecule has 0 radical (unpaired) electrons. The normalized spacial score (nSPS) is 14.8. The molecule has 3 heterocycles. The molecule has 1 atom stereocenters. The molecule has 11 nitrogen and oxygen atoms in total. The van der Waals surface area contributed by atoms with E-state index in [0.717, 1.165) is 17.2 Å². The number of nitrogens with zero attached hydrogens (tertiary/aromatic N) is 5. The molecule has 1 aliphatic heterocycles. The average Bonchev–Trinajstić information content (AvgIpc) is 3.08. The second kappa shape index (κ2) is 15.7. The third-order valence-corrected chi connectivity index (χ3v) is 8.72. The number of amides is 2. The van der Waals surface area contributed by atoms with Crippen LogP contribution in [0.4, 0.5) is 20.3 Å². The molecule has 1 fully saturated rings. The van der Waals surface area contributed by atoms with Crippen molar-refractivity contribution in [2.75, 3.05) is 56.8 Å². The molecule has 50 heavy (non-hydrogen) atoms. The number of methoxy groups -OCH3 is 1. The van der Waals surface area contributed by atoms with Gasteiger partial charge in [0.1, 0.15) is 23.1 Å². The summed E-state index contributed by atoms with van der Waals surface area (Å²) in [4.78, 5) is 51.5. The Bertz CT molecular complexity index is 1980. The zero-order valence-corrected chi connectivity index (χ0v) is 29.0. The summed E-state index contributed by atoms with van der Waals surface area (Å²) in [6, 6.07) is 10.5. The largest absolute Gasteiger partial charge is 0.382 e. The highest BCUT2D eigenvalue weighted by Gasteiger charge is 2.30. The fourth-order valence-electron chi connectivity index (χ4n) is 6.19. The van der Waals surface area contributed by atoms with Crippen molar-refractivity contribution in [3.05, 3.63) is 88.4 Å². The number of nitrogens with one attached hydrogen (secondary N) is 1. The fraction of sp³-hybridized carbons (Fsp3) is 0.378. The van der Waals surface area contributed by atoms with Crippen molar-refractivity contribution in [1.29, 1.82) is 0 Å². The van der Waals surface area contributed by atoms with E-state index in [9.17, 15) is 14.4 Å². The Balaban J connectivity index is 1.62. The number of ether oxygens (including phenoxy) is 2. The maximum absolute atomic E-state index is 16.2. The zero-order valence-electron chi connectivity index (χ0n) is 29.0. The van der Waals surface area contributed by atoms with Gasteiger partial charge < -0.3 is 24.6 Å². The molecule has 0 bridgehead atoms. The van der Waals surface area contributed by atoms with Gasteiger partial charge in [-0.05, 0) is 61.2 Å². The van der Waals surface area contributed by atoms with E-state index in [0.29, 0.717) is 38.5 Å². The van der Waals surface area contributed by atoms with Gasteiger partial charge in [0.2, 0.25) is 11.8 Å². The maximum Gasteiger partial charge on any atom is 0.355 e. The van der Waals surface area contributed by atoms with Crippen molar-refractivity contribution in [3.63, 3.8) is 0 Å². The molecule has 1 saturated heterocycles. The molecule has 13 heteroatoms. The van der Waals surface area contributed by atoms with Crippen LogP contribution in [0.5, 0.6) is 0 Å². The molecular weight excluding hydrogens is 646 g/mol. The topological polar surface area (TPSA) is 119 Å². The third kappa shape index (κ3) is 7.58. The van der Waals surface area contributed by atoms with E-state index in [4.69, 9.17) is 9.47 Å². The van der Waals surface area contributed by atoms with Crippen molar-refractivity contribution in [1.82, 2.24) is 19.4 Å². The molecule has 0 aliphatic carbocycles. The lowest BCUT2D eigenvalue weighted by Gasteiger charge is -2.40. The Labute approximate surface area is 289 Å². The van der Waals surface area contributed by atoms with Crippen LogP contribution >= 0.6 is 0 Å². The van der Waals surface area contributed by atoms with Crippen molar-refractivity contribution >= 4 is 34.4 Å². The number of rotatable bonds is 12. The molecule has 2 aromatic heterocycles. The highest BCUT2D eigenvalue weighted by molar-refractivity contribution is 5.92. The Morgan fingerprint density at radius 3 is 2.54 bits per heavy atom. The van der Waals surface area contributed by atoms with E-state index < -0.39 is 17.3 Å². The van der Waals surface area contributed by atoms with E-state index in [1.165, 1.54) is 28.8 Å². The molecule has 0 spiro atoms. The lowest BCUT2D eigenvalue weighted by molar-refractivity contribution is -0.126. The first-order valence-corrected chi connectivity index (χ1v) is 16.5. The molecule has 4 aromatic rings. The number of carbonyl (C=O) groups is 2. The number of hydrogen-bond acceptors (Lipinski definition) is 8. The van der Waals surface area contributed by atoms with Crippen LogP contribution in [-0.4, -0.2) is 83.9 Å². The van der Waals surface area contributed by atoms with E-state index in [2.05, 4.69) is 21.9 Å². The molecule has 1 aliphatic rings. The number of fused-ring (bicyclic) bond motifs is 1. The molecule has 2 aromatic carbocycles. The lowest BCUT2D eigenvalue weighted by Crippen LogP contribution is -2.54. The first-order chi connectivity index (χ1) is 23.9. The fourth-order valence-corrected chi connectivity index (χ4v) is 6.19. The van der Waals surface area contributed by atoms with Crippen LogP contribution in [0, 0.1) is 18.6 Å². The number of pyridine rings is 1. The van der Waals surface area contributed by atoms with Gasteiger partial charge in [0.25, 0.3) is 0 Å². The van der Waals surface area contributed by atoms with Gasteiger partial charge >= 0.3 is 5.69 Å². The predicted molar refractivity (Wildman–Crippen MR) is 189 cm³/mol. The molecule has 1 N–H and O–H groups in total. The first-order valence-electron chi connectivity index (χ1n) is 16.5. The number of anilines is 2. The SMILES string of the molecule is C=CC(=O)N1CCN(c2nc(=O)n(-c3c(C)cccc3C(C)C)c3nc(-c4ccc(NC(=O)CCOCCOC)cc4F)c(F)cc23)[C@@H](C)C1. The van der Waals surface area contributed by atoms with Crippen molar-refractivity contribution < 1.29 is 27.8 Å². The Morgan fingerprint density at radius 1 is 1.08 bits per heavy atom. The minimum Gasteiger partial charge on any atom is -0.382 e.